The highest BCUT2D eigenvalue weighted by atomic mass is 79.9. The second-order valence-electron chi connectivity index (χ2n) is 14.0. The van der Waals surface area contributed by atoms with Crippen LogP contribution in [0.3, 0.4) is 0 Å². The number of aliphatic imine (C=N–C) groups is 1. The van der Waals surface area contributed by atoms with E-state index >= 15 is 0 Å². The van der Waals surface area contributed by atoms with Crippen molar-refractivity contribution in [3.05, 3.63) is 150 Å². The van der Waals surface area contributed by atoms with E-state index in [1.165, 1.54) is 20.9 Å². The van der Waals surface area contributed by atoms with Gasteiger partial charge in [-0.15, -0.1) is 28.0 Å². The van der Waals surface area contributed by atoms with E-state index < -0.39 is 17.9 Å². The van der Waals surface area contributed by atoms with E-state index in [1.807, 2.05) is 78.2 Å². The number of fused-ring (bicyclic) bond motifs is 2. The number of carbonyl (C=O) groups is 3. The van der Waals surface area contributed by atoms with E-state index in [9.17, 15) is 19.5 Å². The Morgan fingerprint density at radius 3 is 2.57 bits per heavy atom. The number of carbonyl (C=O) groups excluding carboxylic acids is 3. The number of para-hydroxylation sites is 1. The van der Waals surface area contributed by atoms with Gasteiger partial charge in [0.2, 0.25) is 11.8 Å². The zero-order chi connectivity index (χ0) is 44.0. The number of aromatic nitrogens is 4. The molecule has 320 valence electrons. The first-order valence-corrected chi connectivity index (χ1v) is 22.7. The number of alkyl halides is 1. The number of hydrogen-bond acceptors (Lipinski definition) is 11. The van der Waals surface area contributed by atoms with Gasteiger partial charge in [-0.1, -0.05) is 76.6 Å². The zero-order valence-corrected chi connectivity index (χ0v) is 38.3. The molecule has 4 aromatic carbocycles. The molecule has 7 aromatic rings. The molecule has 1 atom stereocenters. The van der Waals surface area contributed by atoms with Gasteiger partial charge in [-0.05, 0) is 91.7 Å². The van der Waals surface area contributed by atoms with Crippen LogP contribution in [0.4, 0.5) is 11.4 Å². The molecule has 0 radical (unpaired) electrons. The molecule has 0 saturated carbocycles. The molecular weight excluding hydrogens is 999 g/mol. The van der Waals surface area contributed by atoms with Crippen LogP contribution in [-0.4, -0.2) is 66.7 Å². The molecule has 3 N–H and O–H groups in total. The van der Waals surface area contributed by atoms with Crippen LogP contribution in [0.15, 0.2) is 128 Å². The second-order valence-corrected chi connectivity index (χ2v) is 17.4. The van der Waals surface area contributed by atoms with Crippen LogP contribution in [0.25, 0.3) is 10.9 Å². The molecule has 8 rings (SSSR count). The monoisotopic (exact) mass is 1030 g/mol. The lowest BCUT2D eigenvalue weighted by atomic mass is 10.0. The summed E-state index contributed by atoms with van der Waals surface area (Å²) in [6, 6.07) is 28.2. The number of amides is 2. The van der Waals surface area contributed by atoms with Gasteiger partial charge in [-0.25, -0.2) is 9.79 Å². The van der Waals surface area contributed by atoms with Gasteiger partial charge in [-0.3, -0.25) is 19.2 Å². The Balaban J connectivity index is 0.904. The summed E-state index contributed by atoms with van der Waals surface area (Å²) in [6.45, 7) is 0.478. The number of nitrogens with zero attached hydrogens (tertiary/aromatic N) is 6. The lowest BCUT2D eigenvalue weighted by Gasteiger charge is -2.30. The second kappa shape index (κ2) is 19.7. The number of anilines is 1. The number of halogens is 4. The van der Waals surface area contributed by atoms with Crippen molar-refractivity contribution < 1.29 is 29.1 Å². The van der Waals surface area contributed by atoms with Crippen LogP contribution in [0, 0.1) is 0 Å². The smallest absolute Gasteiger partial charge is 0.336 e. The summed E-state index contributed by atoms with van der Waals surface area (Å²) in [7, 11) is 0. The normalized spacial score (nSPS) is 13.1. The van der Waals surface area contributed by atoms with Crippen molar-refractivity contribution in [1.82, 2.24) is 25.3 Å². The molecule has 0 spiro atoms. The van der Waals surface area contributed by atoms with Crippen molar-refractivity contribution in [2.24, 2.45) is 10.1 Å². The summed E-state index contributed by atoms with van der Waals surface area (Å²) in [5, 5.41) is 29.1. The number of aryl methyl sites for hydroxylation is 1. The maximum atomic E-state index is 13.7. The van der Waals surface area contributed by atoms with E-state index in [-0.39, 0.29) is 48.0 Å². The van der Waals surface area contributed by atoms with Crippen molar-refractivity contribution in [3.8, 4) is 11.6 Å². The average Bonchev–Trinajstić information content (AvgIpc) is 4.10. The van der Waals surface area contributed by atoms with Crippen LogP contribution in [0.1, 0.15) is 39.7 Å². The number of ether oxygens (including phenoxy) is 1. The van der Waals surface area contributed by atoms with Gasteiger partial charge in [0.15, 0.2) is 5.88 Å². The molecule has 0 aliphatic carbocycles. The van der Waals surface area contributed by atoms with Gasteiger partial charge in [-0.2, -0.15) is 0 Å². The number of rotatable bonds is 16. The first kappa shape index (κ1) is 43.8. The summed E-state index contributed by atoms with van der Waals surface area (Å²) < 4.78 is 8.95. The lowest BCUT2D eigenvalue weighted by molar-refractivity contribution is -0.144. The summed E-state index contributed by atoms with van der Waals surface area (Å²) in [4.78, 5) is 55.3. The third kappa shape index (κ3) is 9.87. The van der Waals surface area contributed by atoms with E-state index in [0.29, 0.717) is 63.0 Å². The average molecular weight is 1030 g/mol. The highest BCUT2D eigenvalue weighted by molar-refractivity contribution is 9.13. The highest BCUT2D eigenvalue weighted by Crippen LogP contribution is 2.40. The number of aromatic amines is 1. The van der Waals surface area contributed by atoms with Crippen LogP contribution >= 0.6 is 66.4 Å². The molecule has 0 bridgehead atoms. The van der Waals surface area contributed by atoms with E-state index in [2.05, 4.69) is 57.6 Å². The summed E-state index contributed by atoms with van der Waals surface area (Å²) in [6.07, 6.45) is 2.15. The number of H-pyrrole nitrogens is 1. The first-order chi connectivity index (χ1) is 30.6. The molecule has 0 saturated heterocycles. The Morgan fingerprint density at radius 1 is 1.00 bits per heavy atom. The summed E-state index contributed by atoms with van der Waals surface area (Å²) in [5.41, 5.74) is 4.82. The SMILES string of the molecule is O=C(CCn1cc(COc2ccc(N(C(=O)CCl)C(C(=O)NCCc3ccccc3)c3cccs3)cc2Cl)nn1)O/N=C1/C(c2c(O)[nH]c3ccccc23)=Nc2cc(Br)c(Br)cc21. The van der Waals surface area contributed by atoms with E-state index in [1.54, 1.807) is 30.5 Å². The number of thiophene rings is 1. The van der Waals surface area contributed by atoms with Crippen molar-refractivity contribution in [2.45, 2.75) is 32.0 Å². The topological polar surface area (TPSA) is 176 Å². The Morgan fingerprint density at radius 2 is 1.79 bits per heavy atom. The predicted molar refractivity (Wildman–Crippen MR) is 249 cm³/mol. The molecule has 63 heavy (non-hydrogen) atoms. The van der Waals surface area contributed by atoms with Gasteiger partial charge in [0.25, 0.3) is 0 Å². The third-order valence-electron chi connectivity index (χ3n) is 9.87. The van der Waals surface area contributed by atoms with Crippen molar-refractivity contribution in [2.75, 3.05) is 17.3 Å². The Kier molecular flexibility index (Phi) is 13.7. The summed E-state index contributed by atoms with van der Waals surface area (Å²) in [5.74, 6) is -1.64. The first-order valence-electron chi connectivity index (χ1n) is 19.3. The van der Waals surface area contributed by atoms with Gasteiger partial charge in [0, 0.05) is 42.5 Å². The number of oxime groups is 1. The Hall–Kier alpha value is -5.85. The lowest BCUT2D eigenvalue weighted by Crippen LogP contribution is -2.44. The molecule has 2 amide bonds. The molecule has 4 heterocycles. The molecule has 19 heteroatoms. The van der Waals surface area contributed by atoms with Crippen molar-refractivity contribution in [3.63, 3.8) is 0 Å². The number of benzene rings is 4. The van der Waals surface area contributed by atoms with Gasteiger partial charge < -0.3 is 25.0 Å². The Bertz CT molecular complexity index is 2890. The fourth-order valence-electron chi connectivity index (χ4n) is 6.92. The van der Waals surface area contributed by atoms with E-state index in [0.717, 1.165) is 19.9 Å². The van der Waals surface area contributed by atoms with Crippen LogP contribution < -0.4 is 15.0 Å². The zero-order valence-electron chi connectivity index (χ0n) is 32.8. The largest absolute Gasteiger partial charge is 0.494 e. The maximum Gasteiger partial charge on any atom is 0.336 e. The number of hydrogen-bond donors (Lipinski definition) is 3. The molecule has 1 unspecified atom stereocenters. The van der Waals surface area contributed by atoms with Crippen LogP contribution in [-0.2, 0) is 38.8 Å². The van der Waals surface area contributed by atoms with E-state index in [4.69, 9.17) is 37.8 Å². The van der Waals surface area contributed by atoms with Crippen molar-refractivity contribution >= 4 is 118 Å². The van der Waals surface area contributed by atoms with Gasteiger partial charge in [0.1, 0.15) is 41.4 Å². The fourth-order valence-corrected chi connectivity index (χ4v) is 8.76. The summed E-state index contributed by atoms with van der Waals surface area (Å²) >= 11 is 21.2. The minimum absolute atomic E-state index is 0.0169. The molecule has 1 aliphatic rings. The minimum Gasteiger partial charge on any atom is -0.494 e. The Labute approximate surface area is 390 Å². The number of nitrogens with one attached hydrogen (secondary N) is 2. The number of aromatic hydroxyl groups is 1. The van der Waals surface area contributed by atoms with Crippen molar-refractivity contribution in [1.29, 1.82) is 0 Å². The van der Waals surface area contributed by atoms with Crippen LogP contribution in [0.5, 0.6) is 11.6 Å². The third-order valence-corrected chi connectivity index (χ3v) is 13.2. The minimum atomic E-state index is -0.995. The molecular formula is C44H34Br2Cl2N8O6S. The molecule has 1 aliphatic heterocycles. The van der Waals surface area contributed by atoms with Gasteiger partial charge >= 0.3 is 5.97 Å². The molecule has 14 nitrogen and oxygen atoms in total. The quantitative estimate of drug-likeness (QED) is 0.0487. The standard InChI is InChI=1S/C44H34Br2Cl2N8O6S/c45-30-20-29-34(21-31(30)46)50-41(39-28-9-4-5-10-33(28)51-43(39)59)40(29)53-62-38(58)15-17-55-23-26(52-54-55)24-61-35-13-12-27(19-32(35)48)56(37(57)22-47)42(36-11-6-18-63-36)44(60)49-16-14-25-7-2-1-3-8-25/h1-13,18-21,23,42,51,59H,14-17,22,24H2,(H,49,60)/b53-40+. The predicted octanol–water partition coefficient (Wildman–Crippen LogP) is 9.43. The molecule has 3 aromatic heterocycles. The fraction of sp³-hybridized carbons (Fsp3) is 0.159. The van der Waals surface area contributed by atoms with Crippen LogP contribution in [0.2, 0.25) is 5.02 Å². The highest BCUT2D eigenvalue weighted by Gasteiger charge is 2.34. The molecule has 0 fully saturated rings. The maximum absolute atomic E-state index is 13.7. The van der Waals surface area contributed by atoms with Gasteiger partial charge in [0.05, 0.1) is 35.4 Å².